The minimum atomic E-state index is -0.498. The summed E-state index contributed by atoms with van der Waals surface area (Å²) in [5, 5.41) is 0. The Hall–Kier alpha value is -2.26. The third-order valence-electron chi connectivity index (χ3n) is 5.43. The number of hydrogen-bond donors (Lipinski definition) is 0. The zero-order chi connectivity index (χ0) is 18.9. The number of piperidine rings is 1. The molecule has 3 aliphatic rings. The average Bonchev–Trinajstić information content (AvgIpc) is 3.15. The number of amides is 2. The molecule has 0 aliphatic carbocycles. The Labute approximate surface area is 158 Å². The first-order valence-corrected chi connectivity index (χ1v) is 9.46. The van der Waals surface area contributed by atoms with Crippen molar-refractivity contribution in [2.45, 2.75) is 25.6 Å². The predicted octanol–water partition coefficient (Wildman–Crippen LogP) is 0.0425. The molecular formula is C18H25N5O4. The van der Waals surface area contributed by atoms with Gasteiger partial charge in [0.05, 0.1) is 13.2 Å². The number of ether oxygens (including phenoxy) is 2. The van der Waals surface area contributed by atoms with E-state index in [2.05, 4.69) is 9.97 Å². The molecule has 1 spiro atoms. The number of carbonyl (C=O) groups excluding carboxylic acids is 2. The number of nitrogens with zero attached hydrogens (tertiary/aromatic N) is 5. The molecule has 9 nitrogen and oxygen atoms in total. The van der Waals surface area contributed by atoms with Crippen LogP contribution in [0.25, 0.3) is 0 Å². The summed E-state index contributed by atoms with van der Waals surface area (Å²) >= 11 is 0. The van der Waals surface area contributed by atoms with E-state index in [0.29, 0.717) is 77.0 Å². The molecule has 0 atom stereocenters. The Morgan fingerprint density at radius 1 is 1.07 bits per heavy atom. The normalized spacial score (nSPS) is 22.3. The summed E-state index contributed by atoms with van der Waals surface area (Å²) in [6, 6.07) is 1.74. The summed E-state index contributed by atoms with van der Waals surface area (Å²) in [5.41, 5.74) is 1.18. The van der Waals surface area contributed by atoms with Crippen LogP contribution in [-0.2, 0) is 14.3 Å². The summed E-state index contributed by atoms with van der Waals surface area (Å²) in [5.74, 6) is -0.0251. The van der Waals surface area contributed by atoms with Gasteiger partial charge in [-0.25, -0.2) is 9.97 Å². The second kappa shape index (κ2) is 7.40. The molecule has 0 saturated carbocycles. The van der Waals surface area contributed by atoms with Crippen LogP contribution in [0.4, 0.5) is 5.95 Å². The van der Waals surface area contributed by atoms with Crippen LogP contribution in [0.2, 0.25) is 0 Å². The molecule has 1 aromatic rings. The molecule has 27 heavy (non-hydrogen) atoms. The highest BCUT2D eigenvalue weighted by Crippen LogP contribution is 2.31. The molecule has 1 aromatic heterocycles. The van der Waals surface area contributed by atoms with E-state index in [1.807, 2.05) is 16.7 Å². The fourth-order valence-corrected chi connectivity index (χ4v) is 3.83. The van der Waals surface area contributed by atoms with Crippen molar-refractivity contribution in [1.29, 1.82) is 0 Å². The highest BCUT2D eigenvalue weighted by Gasteiger charge is 2.41. The van der Waals surface area contributed by atoms with Gasteiger partial charge in [-0.3, -0.25) is 9.59 Å². The van der Waals surface area contributed by atoms with E-state index < -0.39 is 5.79 Å². The minimum Gasteiger partial charge on any atom is -0.347 e. The van der Waals surface area contributed by atoms with Crippen LogP contribution in [0.3, 0.4) is 0 Å². The molecule has 0 bridgehead atoms. The third-order valence-corrected chi connectivity index (χ3v) is 5.43. The molecule has 3 aliphatic heterocycles. The lowest BCUT2D eigenvalue weighted by Gasteiger charge is -2.37. The molecular weight excluding hydrogens is 350 g/mol. The number of rotatable bonds is 3. The van der Waals surface area contributed by atoms with Crippen LogP contribution in [-0.4, -0.2) is 90.4 Å². The number of likely N-dealkylation sites (tertiary alicyclic amines) is 1. The topological polar surface area (TPSA) is 88.1 Å². The van der Waals surface area contributed by atoms with Crippen LogP contribution < -0.4 is 4.90 Å². The van der Waals surface area contributed by atoms with Crippen molar-refractivity contribution in [2.75, 3.05) is 57.4 Å². The van der Waals surface area contributed by atoms with Crippen LogP contribution in [0.5, 0.6) is 0 Å². The standard InChI is InChI=1S/C18H25N5O4/c1-14-12-15(20-17(19-14)23-8-6-21(13-24)7-9-23)16(25)22-4-2-18(3-5-22)26-10-11-27-18/h12-13H,2-11H2,1H3. The predicted molar refractivity (Wildman–Crippen MR) is 96.4 cm³/mol. The highest BCUT2D eigenvalue weighted by molar-refractivity contribution is 5.92. The first-order chi connectivity index (χ1) is 13.1. The van der Waals surface area contributed by atoms with E-state index in [1.165, 1.54) is 0 Å². The fraction of sp³-hybridized carbons (Fsp3) is 0.667. The highest BCUT2D eigenvalue weighted by atomic mass is 16.7. The zero-order valence-corrected chi connectivity index (χ0v) is 15.6. The number of piperazine rings is 1. The summed E-state index contributed by atoms with van der Waals surface area (Å²) in [4.78, 5) is 38.4. The van der Waals surface area contributed by atoms with E-state index in [9.17, 15) is 9.59 Å². The first-order valence-electron chi connectivity index (χ1n) is 9.46. The van der Waals surface area contributed by atoms with Gasteiger partial charge in [-0.2, -0.15) is 0 Å². The van der Waals surface area contributed by atoms with Crippen molar-refractivity contribution in [3.8, 4) is 0 Å². The van der Waals surface area contributed by atoms with Crippen molar-refractivity contribution in [1.82, 2.24) is 19.8 Å². The van der Waals surface area contributed by atoms with Crippen molar-refractivity contribution < 1.29 is 19.1 Å². The molecule has 3 saturated heterocycles. The minimum absolute atomic E-state index is 0.0823. The monoisotopic (exact) mass is 375 g/mol. The number of hydrogen-bond acceptors (Lipinski definition) is 7. The van der Waals surface area contributed by atoms with Gasteiger partial charge in [0.15, 0.2) is 5.79 Å². The first kappa shape index (κ1) is 18.1. The molecule has 0 N–H and O–H groups in total. The van der Waals surface area contributed by atoms with Gasteiger partial charge in [-0.15, -0.1) is 0 Å². The van der Waals surface area contributed by atoms with Gasteiger partial charge in [0.1, 0.15) is 5.69 Å². The summed E-state index contributed by atoms with van der Waals surface area (Å²) in [6.45, 7) is 6.91. The average molecular weight is 375 g/mol. The maximum absolute atomic E-state index is 13.0. The van der Waals surface area contributed by atoms with Crippen LogP contribution in [0.15, 0.2) is 6.07 Å². The maximum atomic E-state index is 13.0. The number of anilines is 1. The maximum Gasteiger partial charge on any atom is 0.272 e. The molecule has 4 rings (SSSR count). The number of aromatic nitrogens is 2. The van der Waals surface area contributed by atoms with E-state index in [1.54, 1.807) is 11.0 Å². The summed E-state index contributed by atoms with van der Waals surface area (Å²) < 4.78 is 11.5. The molecule has 0 radical (unpaired) electrons. The second-order valence-electron chi connectivity index (χ2n) is 7.22. The van der Waals surface area contributed by atoms with Gasteiger partial charge in [-0.1, -0.05) is 0 Å². The Morgan fingerprint density at radius 2 is 1.74 bits per heavy atom. The van der Waals surface area contributed by atoms with E-state index in [0.717, 1.165) is 12.1 Å². The lowest BCUT2D eigenvalue weighted by Crippen LogP contribution is -2.48. The molecule has 2 amide bonds. The molecule has 146 valence electrons. The Bertz CT molecular complexity index is 704. The van der Waals surface area contributed by atoms with E-state index in [-0.39, 0.29) is 5.91 Å². The fourth-order valence-electron chi connectivity index (χ4n) is 3.83. The Kier molecular flexibility index (Phi) is 4.96. The molecule has 0 unspecified atom stereocenters. The van der Waals surface area contributed by atoms with Gasteiger partial charge in [-0.05, 0) is 13.0 Å². The van der Waals surface area contributed by atoms with Crippen LogP contribution in [0.1, 0.15) is 29.0 Å². The molecule has 3 fully saturated rings. The second-order valence-corrected chi connectivity index (χ2v) is 7.22. The number of carbonyl (C=O) groups is 2. The van der Waals surface area contributed by atoms with Crippen molar-refractivity contribution >= 4 is 18.3 Å². The van der Waals surface area contributed by atoms with Crippen molar-refractivity contribution in [2.24, 2.45) is 0 Å². The Balaban J connectivity index is 1.45. The van der Waals surface area contributed by atoms with Crippen molar-refractivity contribution in [3.05, 3.63) is 17.5 Å². The van der Waals surface area contributed by atoms with Crippen LogP contribution in [0, 0.1) is 6.92 Å². The van der Waals surface area contributed by atoms with Gasteiger partial charge in [0, 0.05) is 57.8 Å². The molecule has 4 heterocycles. The van der Waals surface area contributed by atoms with Gasteiger partial charge in [0.25, 0.3) is 5.91 Å². The van der Waals surface area contributed by atoms with Crippen molar-refractivity contribution in [3.63, 3.8) is 0 Å². The van der Waals surface area contributed by atoms with E-state index >= 15 is 0 Å². The SMILES string of the molecule is Cc1cc(C(=O)N2CCC3(CC2)OCCO3)nc(N2CCN(C=O)CC2)n1. The quantitative estimate of drug-likeness (QED) is 0.690. The lowest BCUT2D eigenvalue weighted by atomic mass is 10.0. The smallest absolute Gasteiger partial charge is 0.272 e. The molecule has 0 aromatic carbocycles. The molecule has 9 heteroatoms. The number of aryl methyl sites for hydroxylation is 1. The zero-order valence-electron chi connectivity index (χ0n) is 15.6. The van der Waals surface area contributed by atoms with Gasteiger partial charge >= 0.3 is 0 Å². The Morgan fingerprint density at radius 3 is 2.37 bits per heavy atom. The van der Waals surface area contributed by atoms with E-state index in [4.69, 9.17) is 9.47 Å². The van der Waals surface area contributed by atoms with Crippen LogP contribution >= 0.6 is 0 Å². The van der Waals surface area contributed by atoms with Gasteiger partial charge < -0.3 is 24.2 Å². The lowest BCUT2D eigenvalue weighted by molar-refractivity contribution is -0.181. The third kappa shape index (κ3) is 3.74. The summed E-state index contributed by atoms with van der Waals surface area (Å²) in [7, 11) is 0. The van der Waals surface area contributed by atoms with Gasteiger partial charge in [0.2, 0.25) is 12.4 Å². The summed E-state index contributed by atoms with van der Waals surface area (Å²) in [6.07, 6.45) is 2.23. The largest absolute Gasteiger partial charge is 0.347 e.